The van der Waals surface area contributed by atoms with Gasteiger partial charge in [-0.3, -0.25) is 4.79 Å². The Labute approximate surface area is 141 Å². The average Bonchev–Trinajstić information content (AvgIpc) is 2.95. The summed E-state index contributed by atoms with van der Waals surface area (Å²) in [5, 5.41) is 5.62. The van der Waals surface area contributed by atoms with Crippen LogP contribution in [0.3, 0.4) is 0 Å². The van der Waals surface area contributed by atoms with E-state index in [2.05, 4.69) is 10.6 Å². The molecule has 0 saturated carbocycles. The molecule has 0 aromatic heterocycles. The number of carbonyl (C=O) groups excluding carboxylic acids is 2. The van der Waals surface area contributed by atoms with Crippen molar-refractivity contribution in [1.29, 1.82) is 0 Å². The number of hydrogen-bond donors (Lipinski definition) is 2. The molecule has 0 radical (unpaired) electrons. The molecule has 3 rings (SSSR count). The Bertz CT molecular complexity index is 713. The molecule has 2 aromatic rings. The number of para-hydroxylation sites is 1. The van der Waals surface area contributed by atoms with E-state index in [4.69, 9.17) is 0 Å². The Hall–Kier alpha value is -2.82. The molecule has 0 bridgehead atoms. The average molecular weight is 323 g/mol. The van der Waals surface area contributed by atoms with E-state index in [0.29, 0.717) is 19.5 Å². The second-order valence-corrected chi connectivity index (χ2v) is 6.11. The lowest BCUT2D eigenvalue weighted by molar-refractivity contribution is -0.117. The van der Waals surface area contributed by atoms with Gasteiger partial charge in [0.15, 0.2) is 0 Å². The molecule has 3 amide bonds. The molecule has 5 heteroatoms. The van der Waals surface area contributed by atoms with Gasteiger partial charge in [-0.05, 0) is 31.2 Å². The smallest absolute Gasteiger partial charge is 0.319 e. The summed E-state index contributed by atoms with van der Waals surface area (Å²) in [6.07, 6.45) is 0.458. The Morgan fingerprint density at radius 1 is 1.12 bits per heavy atom. The molecule has 1 aliphatic heterocycles. The fourth-order valence-electron chi connectivity index (χ4n) is 2.83. The van der Waals surface area contributed by atoms with Crippen molar-refractivity contribution < 1.29 is 9.59 Å². The van der Waals surface area contributed by atoms with Gasteiger partial charge in [0.2, 0.25) is 5.91 Å². The van der Waals surface area contributed by atoms with Gasteiger partial charge in [-0.15, -0.1) is 0 Å². The highest BCUT2D eigenvalue weighted by atomic mass is 16.2. The van der Waals surface area contributed by atoms with Gasteiger partial charge in [0.05, 0.1) is 0 Å². The first-order valence-electron chi connectivity index (χ1n) is 8.09. The predicted octanol–water partition coefficient (Wildman–Crippen LogP) is 3.17. The Balaban J connectivity index is 1.51. The third-order valence-corrected chi connectivity index (χ3v) is 4.13. The maximum Gasteiger partial charge on any atom is 0.319 e. The van der Waals surface area contributed by atoms with Crippen molar-refractivity contribution in [3.63, 3.8) is 0 Å². The molecule has 1 atom stereocenters. The van der Waals surface area contributed by atoms with Crippen LogP contribution in [-0.4, -0.2) is 25.0 Å². The van der Waals surface area contributed by atoms with Crippen molar-refractivity contribution in [2.75, 3.05) is 23.3 Å². The van der Waals surface area contributed by atoms with Gasteiger partial charge in [0, 0.05) is 36.8 Å². The largest absolute Gasteiger partial charge is 0.338 e. The van der Waals surface area contributed by atoms with Crippen LogP contribution >= 0.6 is 0 Å². The van der Waals surface area contributed by atoms with Crippen molar-refractivity contribution in [3.05, 3.63) is 60.2 Å². The van der Waals surface area contributed by atoms with Crippen molar-refractivity contribution in [2.45, 2.75) is 13.3 Å². The zero-order chi connectivity index (χ0) is 16.9. The van der Waals surface area contributed by atoms with Crippen LogP contribution in [0.15, 0.2) is 54.6 Å². The van der Waals surface area contributed by atoms with Crippen molar-refractivity contribution in [3.8, 4) is 0 Å². The quantitative estimate of drug-likeness (QED) is 0.908. The Kier molecular flexibility index (Phi) is 4.79. The van der Waals surface area contributed by atoms with E-state index < -0.39 is 0 Å². The van der Waals surface area contributed by atoms with Crippen LogP contribution in [0, 0.1) is 12.8 Å². The first-order valence-corrected chi connectivity index (χ1v) is 8.09. The van der Waals surface area contributed by atoms with E-state index in [0.717, 1.165) is 11.4 Å². The Morgan fingerprint density at radius 2 is 1.83 bits per heavy atom. The number of anilines is 2. The highest BCUT2D eigenvalue weighted by Gasteiger charge is 2.30. The fraction of sp³-hybridized carbons (Fsp3) is 0.263. The monoisotopic (exact) mass is 323 g/mol. The van der Waals surface area contributed by atoms with Crippen molar-refractivity contribution in [2.24, 2.45) is 5.92 Å². The van der Waals surface area contributed by atoms with E-state index in [9.17, 15) is 9.59 Å². The molecule has 1 fully saturated rings. The molecule has 2 aromatic carbocycles. The second kappa shape index (κ2) is 7.17. The first-order chi connectivity index (χ1) is 11.6. The molecule has 1 heterocycles. The molecule has 2 N–H and O–H groups in total. The number of benzene rings is 2. The number of amides is 3. The van der Waals surface area contributed by atoms with Gasteiger partial charge in [-0.25, -0.2) is 4.79 Å². The first kappa shape index (κ1) is 16.1. The summed E-state index contributed by atoms with van der Waals surface area (Å²) in [6.45, 7) is 3.13. The number of carbonyl (C=O) groups is 2. The maximum atomic E-state index is 12.2. The lowest BCUT2D eigenvalue weighted by Gasteiger charge is -2.17. The lowest BCUT2D eigenvalue weighted by Crippen LogP contribution is -2.34. The maximum absolute atomic E-state index is 12.2. The van der Waals surface area contributed by atoms with Gasteiger partial charge in [0.25, 0.3) is 0 Å². The summed E-state index contributed by atoms with van der Waals surface area (Å²) in [7, 11) is 0. The summed E-state index contributed by atoms with van der Waals surface area (Å²) >= 11 is 0. The molecule has 124 valence electrons. The number of nitrogens with one attached hydrogen (secondary N) is 2. The zero-order valence-corrected chi connectivity index (χ0v) is 13.7. The third-order valence-electron chi connectivity index (χ3n) is 4.13. The topological polar surface area (TPSA) is 61.4 Å². The summed E-state index contributed by atoms with van der Waals surface area (Å²) in [5.74, 6) is 0.231. The van der Waals surface area contributed by atoms with Gasteiger partial charge < -0.3 is 15.5 Å². The molecule has 24 heavy (non-hydrogen) atoms. The van der Waals surface area contributed by atoms with Gasteiger partial charge in [-0.1, -0.05) is 35.9 Å². The minimum absolute atomic E-state index is 0.106. The van der Waals surface area contributed by atoms with Crippen LogP contribution in [0.2, 0.25) is 0 Å². The molecule has 1 aliphatic rings. The fourth-order valence-corrected chi connectivity index (χ4v) is 2.83. The van der Waals surface area contributed by atoms with E-state index in [1.807, 2.05) is 61.5 Å². The van der Waals surface area contributed by atoms with Gasteiger partial charge in [-0.2, -0.15) is 0 Å². The molecule has 0 aliphatic carbocycles. The SMILES string of the molecule is Cc1ccc(N2C[C@H](CNC(=O)Nc3ccccc3)CC2=O)cc1. The summed E-state index contributed by atoms with van der Waals surface area (Å²) < 4.78 is 0. The summed E-state index contributed by atoms with van der Waals surface area (Å²) in [5.41, 5.74) is 2.84. The van der Waals surface area contributed by atoms with Crippen molar-refractivity contribution >= 4 is 23.3 Å². The normalized spacial score (nSPS) is 17.0. The Morgan fingerprint density at radius 3 is 2.54 bits per heavy atom. The lowest BCUT2D eigenvalue weighted by atomic mass is 10.1. The van der Waals surface area contributed by atoms with Crippen LogP contribution in [0.1, 0.15) is 12.0 Å². The summed E-state index contributed by atoms with van der Waals surface area (Å²) in [4.78, 5) is 25.9. The zero-order valence-electron chi connectivity index (χ0n) is 13.7. The molecule has 5 nitrogen and oxygen atoms in total. The van der Waals surface area contributed by atoms with E-state index in [-0.39, 0.29) is 17.9 Å². The van der Waals surface area contributed by atoms with Gasteiger partial charge >= 0.3 is 6.03 Å². The predicted molar refractivity (Wildman–Crippen MR) is 95.1 cm³/mol. The van der Waals surface area contributed by atoms with Crippen LogP contribution in [0.25, 0.3) is 0 Å². The van der Waals surface area contributed by atoms with Crippen LogP contribution in [0.5, 0.6) is 0 Å². The third kappa shape index (κ3) is 3.93. The number of nitrogens with zero attached hydrogens (tertiary/aromatic N) is 1. The van der Waals surface area contributed by atoms with Crippen LogP contribution < -0.4 is 15.5 Å². The highest BCUT2D eigenvalue weighted by molar-refractivity contribution is 5.96. The van der Waals surface area contributed by atoms with Crippen molar-refractivity contribution in [1.82, 2.24) is 5.32 Å². The van der Waals surface area contributed by atoms with E-state index in [1.54, 1.807) is 4.90 Å². The summed E-state index contributed by atoms with van der Waals surface area (Å²) in [6, 6.07) is 17.0. The molecule has 1 saturated heterocycles. The molecular formula is C19H21N3O2. The standard InChI is InChI=1S/C19H21N3O2/c1-14-7-9-17(10-8-14)22-13-15(11-18(22)23)12-20-19(24)21-16-5-3-2-4-6-16/h2-10,15H,11-13H2,1H3,(H2,20,21,24)/t15-/m0/s1. The molecular weight excluding hydrogens is 302 g/mol. The van der Waals surface area contributed by atoms with Crippen LogP contribution in [0.4, 0.5) is 16.2 Å². The minimum atomic E-state index is -0.248. The number of hydrogen-bond acceptors (Lipinski definition) is 2. The minimum Gasteiger partial charge on any atom is -0.338 e. The molecule has 0 spiro atoms. The highest BCUT2D eigenvalue weighted by Crippen LogP contribution is 2.24. The number of rotatable bonds is 4. The molecule has 0 unspecified atom stereocenters. The number of aryl methyl sites for hydroxylation is 1. The van der Waals surface area contributed by atoms with Crippen LogP contribution in [-0.2, 0) is 4.79 Å². The van der Waals surface area contributed by atoms with E-state index >= 15 is 0 Å². The van der Waals surface area contributed by atoms with E-state index in [1.165, 1.54) is 5.56 Å². The number of urea groups is 1. The van der Waals surface area contributed by atoms with Gasteiger partial charge in [0.1, 0.15) is 0 Å². The second-order valence-electron chi connectivity index (χ2n) is 6.11.